The van der Waals surface area contributed by atoms with Crippen LogP contribution in [0.15, 0.2) is 91.5 Å². The Kier molecular flexibility index (Phi) is 5.77. The summed E-state index contributed by atoms with van der Waals surface area (Å²) >= 11 is 0. The number of benzene rings is 5. The monoisotopic (exact) mass is 561 g/mol. The zero-order valence-electron chi connectivity index (χ0n) is 27.2. The molecular formula is C42H43N. The van der Waals surface area contributed by atoms with Gasteiger partial charge in [-0.1, -0.05) is 109 Å². The second-order valence-electron chi connectivity index (χ2n) is 15.0. The topological polar surface area (TPSA) is 3.24 Å². The minimum Gasteiger partial charge on any atom is -0.310 e. The molecule has 0 unspecified atom stereocenters. The molecule has 2 aliphatic carbocycles. The largest absolute Gasteiger partial charge is 0.310 e. The molecule has 0 aliphatic heterocycles. The van der Waals surface area contributed by atoms with Crippen molar-refractivity contribution in [1.29, 1.82) is 0 Å². The minimum atomic E-state index is -0.135. The van der Waals surface area contributed by atoms with E-state index in [2.05, 4.69) is 159 Å². The molecule has 1 heteroatoms. The van der Waals surface area contributed by atoms with Gasteiger partial charge >= 0.3 is 0 Å². The molecule has 5 aromatic rings. The molecule has 5 aromatic carbocycles. The van der Waals surface area contributed by atoms with Gasteiger partial charge in [-0.05, 0) is 117 Å². The summed E-state index contributed by atoms with van der Waals surface area (Å²) in [6, 6.07) is 32.4. The summed E-state index contributed by atoms with van der Waals surface area (Å²) in [7, 11) is 0. The fourth-order valence-electron chi connectivity index (χ4n) is 7.68. The normalized spacial score (nSPS) is 15.6. The lowest BCUT2D eigenvalue weighted by Gasteiger charge is -2.37. The lowest BCUT2D eigenvalue weighted by atomic mass is 9.68. The van der Waals surface area contributed by atoms with Crippen molar-refractivity contribution in [3.05, 3.63) is 130 Å². The fraction of sp³-hybridized carbons (Fsp3) is 0.286. The highest BCUT2D eigenvalue weighted by molar-refractivity contribution is 6.09. The summed E-state index contributed by atoms with van der Waals surface area (Å²) in [6.07, 6.45) is 0. The summed E-state index contributed by atoms with van der Waals surface area (Å²) in [6.45, 7) is 25.0. The zero-order valence-corrected chi connectivity index (χ0v) is 27.2. The van der Waals surface area contributed by atoms with Crippen LogP contribution < -0.4 is 4.90 Å². The number of hydrogen-bond acceptors (Lipinski definition) is 1. The molecule has 0 saturated carbocycles. The van der Waals surface area contributed by atoms with Gasteiger partial charge in [0.25, 0.3) is 0 Å². The number of allylic oxidation sites excluding steroid dienone is 1. The van der Waals surface area contributed by atoms with E-state index in [1.807, 2.05) is 0 Å². The van der Waals surface area contributed by atoms with Crippen LogP contribution in [-0.4, -0.2) is 0 Å². The van der Waals surface area contributed by atoms with Crippen molar-refractivity contribution in [2.75, 3.05) is 4.90 Å². The highest BCUT2D eigenvalue weighted by atomic mass is 15.1. The van der Waals surface area contributed by atoms with Gasteiger partial charge in [0.2, 0.25) is 0 Å². The van der Waals surface area contributed by atoms with Crippen molar-refractivity contribution in [3.63, 3.8) is 0 Å². The van der Waals surface area contributed by atoms with Gasteiger partial charge in [0, 0.05) is 27.9 Å². The lowest BCUT2D eigenvalue weighted by Crippen LogP contribution is -2.25. The predicted molar refractivity (Wildman–Crippen MR) is 186 cm³/mol. The summed E-state index contributed by atoms with van der Waals surface area (Å²) in [4.78, 5) is 2.45. The van der Waals surface area contributed by atoms with Gasteiger partial charge in [-0.25, -0.2) is 0 Å². The highest BCUT2D eigenvalue weighted by Crippen LogP contribution is 2.61. The maximum absolute atomic E-state index is 4.18. The van der Waals surface area contributed by atoms with Crippen LogP contribution in [0.3, 0.4) is 0 Å². The van der Waals surface area contributed by atoms with E-state index < -0.39 is 0 Å². The van der Waals surface area contributed by atoms with Crippen molar-refractivity contribution < 1.29 is 0 Å². The van der Waals surface area contributed by atoms with E-state index in [-0.39, 0.29) is 16.2 Å². The first-order valence-electron chi connectivity index (χ1n) is 15.6. The molecule has 0 N–H and O–H groups in total. The number of nitrogens with zero attached hydrogens (tertiary/aromatic N) is 1. The second kappa shape index (κ2) is 8.96. The Balaban J connectivity index is 1.52. The van der Waals surface area contributed by atoms with E-state index in [9.17, 15) is 0 Å². The number of rotatable bonds is 4. The van der Waals surface area contributed by atoms with Crippen molar-refractivity contribution >= 4 is 33.4 Å². The fourth-order valence-corrected chi connectivity index (χ4v) is 7.68. The molecule has 0 fully saturated rings. The van der Waals surface area contributed by atoms with E-state index >= 15 is 0 Å². The lowest BCUT2D eigenvalue weighted by molar-refractivity contribution is 0.590. The molecule has 0 amide bonds. The Morgan fingerprint density at radius 1 is 0.651 bits per heavy atom. The standard InChI is InChI=1S/C42H43N/c1-25(2)27-14-18-29(19-15-27)43(30-20-16-28(17-21-30)40(4,5)6)31-23-35-38-36(24-31)42(9,10)34-22-26(3)32-12-11-13-33(41(35,7)8)37(32)39(34)38/h11-24H,1H2,2-10H3. The van der Waals surface area contributed by atoms with Gasteiger partial charge in [0.1, 0.15) is 0 Å². The van der Waals surface area contributed by atoms with Crippen LogP contribution in [0.5, 0.6) is 0 Å². The van der Waals surface area contributed by atoms with Gasteiger partial charge in [-0.2, -0.15) is 0 Å². The summed E-state index contributed by atoms with van der Waals surface area (Å²) in [5.41, 5.74) is 17.0. The van der Waals surface area contributed by atoms with Crippen molar-refractivity contribution in [2.45, 2.75) is 78.6 Å². The van der Waals surface area contributed by atoms with Gasteiger partial charge in [0.15, 0.2) is 0 Å². The third kappa shape index (κ3) is 3.90. The van der Waals surface area contributed by atoms with Gasteiger partial charge in [-0.15, -0.1) is 0 Å². The molecule has 0 aromatic heterocycles. The van der Waals surface area contributed by atoms with Crippen LogP contribution in [0.1, 0.15) is 94.3 Å². The molecule has 1 nitrogen and oxygen atoms in total. The molecule has 0 spiro atoms. The molecule has 0 saturated heterocycles. The van der Waals surface area contributed by atoms with Crippen LogP contribution in [0, 0.1) is 6.92 Å². The van der Waals surface area contributed by atoms with Crippen LogP contribution in [0.2, 0.25) is 0 Å². The van der Waals surface area contributed by atoms with E-state index in [1.165, 1.54) is 72.2 Å². The first-order valence-corrected chi connectivity index (χ1v) is 15.6. The average Bonchev–Trinajstić information content (AvgIpc) is 3.18. The van der Waals surface area contributed by atoms with Gasteiger partial charge in [-0.3, -0.25) is 0 Å². The van der Waals surface area contributed by atoms with E-state index in [4.69, 9.17) is 0 Å². The van der Waals surface area contributed by atoms with Crippen LogP contribution in [0.4, 0.5) is 17.1 Å². The molecule has 7 rings (SSSR count). The van der Waals surface area contributed by atoms with Crippen molar-refractivity contribution in [3.8, 4) is 11.1 Å². The Morgan fingerprint density at radius 3 is 1.74 bits per heavy atom. The smallest absolute Gasteiger partial charge is 0.0468 e. The van der Waals surface area contributed by atoms with Crippen LogP contribution >= 0.6 is 0 Å². The predicted octanol–water partition coefficient (Wildman–Crippen LogP) is 11.9. The quantitative estimate of drug-likeness (QED) is 0.211. The van der Waals surface area contributed by atoms with Crippen LogP contribution in [0.25, 0.3) is 27.5 Å². The molecule has 43 heavy (non-hydrogen) atoms. The molecular weight excluding hydrogens is 518 g/mol. The molecule has 0 bridgehead atoms. The highest BCUT2D eigenvalue weighted by Gasteiger charge is 2.45. The average molecular weight is 562 g/mol. The van der Waals surface area contributed by atoms with Crippen molar-refractivity contribution in [1.82, 2.24) is 0 Å². The second-order valence-corrected chi connectivity index (χ2v) is 15.0. The van der Waals surface area contributed by atoms with Gasteiger partial charge < -0.3 is 4.90 Å². The third-order valence-corrected chi connectivity index (χ3v) is 10.3. The third-order valence-electron chi connectivity index (χ3n) is 10.3. The molecule has 0 radical (unpaired) electrons. The first kappa shape index (κ1) is 27.7. The maximum Gasteiger partial charge on any atom is 0.0468 e. The maximum atomic E-state index is 4.18. The van der Waals surface area contributed by atoms with Gasteiger partial charge in [0.05, 0.1) is 0 Å². The summed E-state index contributed by atoms with van der Waals surface area (Å²) < 4.78 is 0. The minimum absolute atomic E-state index is 0.0981. The summed E-state index contributed by atoms with van der Waals surface area (Å²) in [5, 5.41) is 2.85. The van der Waals surface area contributed by atoms with E-state index in [0.717, 1.165) is 11.3 Å². The Labute approximate surface area is 257 Å². The van der Waals surface area contributed by atoms with E-state index in [0.29, 0.717) is 0 Å². The number of anilines is 3. The molecule has 0 heterocycles. The van der Waals surface area contributed by atoms with Crippen molar-refractivity contribution in [2.24, 2.45) is 0 Å². The Morgan fingerprint density at radius 2 is 1.19 bits per heavy atom. The number of aryl methyl sites for hydroxylation is 1. The SMILES string of the molecule is C=C(C)c1ccc(N(c2ccc(C(C)(C)C)cc2)c2cc3c4c(c2)C(C)(C)c2cccc5c(C)cc(c-4c25)C3(C)C)cc1. The first-order chi connectivity index (χ1) is 20.2. The number of hydrogen-bond donors (Lipinski definition) is 0. The Hall–Kier alpha value is -4.10. The molecule has 2 aliphatic rings. The molecule has 0 atom stereocenters. The molecule has 216 valence electrons. The van der Waals surface area contributed by atoms with E-state index in [1.54, 1.807) is 0 Å². The zero-order chi connectivity index (χ0) is 30.6. The Bertz CT molecular complexity index is 1960. The van der Waals surface area contributed by atoms with Crippen LogP contribution in [-0.2, 0) is 16.2 Å². The summed E-state index contributed by atoms with van der Waals surface area (Å²) in [5.74, 6) is 0.